The van der Waals surface area contributed by atoms with E-state index in [1.165, 1.54) is 0 Å². The third-order valence-corrected chi connectivity index (χ3v) is 3.96. The number of hydrogen-bond donors (Lipinski definition) is 2. The number of ether oxygens (including phenoxy) is 1. The van der Waals surface area contributed by atoms with Crippen molar-refractivity contribution in [2.45, 2.75) is 45.2 Å². The summed E-state index contributed by atoms with van der Waals surface area (Å²) in [7, 11) is 1.78. The van der Waals surface area contributed by atoms with E-state index in [1.807, 2.05) is 0 Å². The molecule has 0 aliphatic carbocycles. The Balaban J connectivity index is 2.46. The highest BCUT2D eigenvalue weighted by Crippen LogP contribution is 2.20. The van der Waals surface area contributed by atoms with Crippen molar-refractivity contribution in [1.29, 1.82) is 0 Å². The second-order valence-electron chi connectivity index (χ2n) is 5.39. The highest BCUT2D eigenvalue weighted by molar-refractivity contribution is 5.81. The third kappa shape index (κ3) is 4.45. The first-order valence-electron chi connectivity index (χ1n) is 7.29. The summed E-state index contributed by atoms with van der Waals surface area (Å²) in [5.74, 6) is -1.48. The molecule has 0 spiro atoms. The van der Waals surface area contributed by atoms with Crippen LogP contribution >= 0.6 is 0 Å². The van der Waals surface area contributed by atoms with Crippen molar-refractivity contribution in [2.24, 2.45) is 5.92 Å². The summed E-state index contributed by atoms with van der Waals surface area (Å²) in [6.45, 7) is 5.17. The number of carboxylic acid groups (broad SMARTS) is 1. The topological polar surface area (TPSA) is 78.9 Å². The number of rotatable bonds is 8. The average Bonchev–Trinajstić information content (AvgIpc) is 2.91. The van der Waals surface area contributed by atoms with Crippen LogP contribution in [0.25, 0.3) is 0 Å². The van der Waals surface area contributed by atoms with Crippen molar-refractivity contribution in [3.63, 3.8) is 0 Å². The largest absolute Gasteiger partial charge is 0.481 e. The number of carboxylic acids is 1. The Labute approximate surface area is 120 Å². The van der Waals surface area contributed by atoms with Crippen molar-refractivity contribution < 1.29 is 19.4 Å². The van der Waals surface area contributed by atoms with Gasteiger partial charge in [-0.2, -0.15) is 0 Å². The Kier molecular flexibility index (Phi) is 6.95. The second-order valence-corrected chi connectivity index (χ2v) is 5.39. The molecule has 2 N–H and O–H groups in total. The number of carbonyl (C=O) groups excluding carboxylic acids is 1. The van der Waals surface area contributed by atoms with Crippen LogP contribution in [0.3, 0.4) is 0 Å². The minimum Gasteiger partial charge on any atom is -0.481 e. The van der Waals surface area contributed by atoms with Gasteiger partial charge in [0, 0.05) is 12.6 Å². The quantitative estimate of drug-likeness (QED) is 0.643. The van der Waals surface area contributed by atoms with Gasteiger partial charge in [-0.15, -0.1) is 0 Å². The van der Waals surface area contributed by atoms with Crippen LogP contribution in [-0.2, 0) is 14.3 Å². The fourth-order valence-corrected chi connectivity index (χ4v) is 2.39. The molecule has 116 valence electrons. The molecule has 0 aromatic rings. The minimum absolute atomic E-state index is 0.0559. The van der Waals surface area contributed by atoms with Crippen LogP contribution in [0.2, 0.25) is 0 Å². The molecule has 0 radical (unpaired) electrons. The summed E-state index contributed by atoms with van der Waals surface area (Å²) in [5, 5.41) is 12.0. The molecule has 3 atom stereocenters. The lowest BCUT2D eigenvalue weighted by Crippen LogP contribution is -2.51. The first-order valence-corrected chi connectivity index (χ1v) is 7.29. The Morgan fingerprint density at radius 3 is 2.70 bits per heavy atom. The van der Waals surface area contributed by atoms with E-state index >= 15 is 0 Å². The Hall–Kier alpha value is -1.14. The van der Waals surface area contributed by atoms with Crippen LogP contribution in [0.1, 0.15) is 33.1 Å². The monoisotopic (exact) mass is 286 g/mol. The van der Waals surface area contributed by atoms with E-state index < -0.39 is 11.9 Å². The molecule has 1 aliphatic heterocycles. The molecular weight excluding hydrogens is 260 g/mol. The van der Waals surface area contributed by atoms with Crippen LogP contribution in [0.5, 0.6) is 0 Å². The molecule has 0 saturated carbocycles. The van der Waals surface area contributed by atoms with E-state index in [0.717, 1.165) is 19.3 Å². The molecule has 1 fully saturated rings. The number of nitrogens with zero attached hydrogens (tertiary/aromatic N) is 1. The Bertz CT molecular complexity index is 335. The van der Waals surface area contributed by atoms with Gasteiger partial charge in [-0.05, 0) is 20.4 Å². The highest BCUT2D eigenvalue weighted by atomic mass is 16.5. The van der Waals surface area contributed by atoms with Gasteiger partial charge in [0.05, 0.1) is 25.2 Å². The van der Waals surface area contributed by atoms with Gasteiger partial charge in [0.15, 0.2) is 0 Å². The van der Waals surface area contributed by atoms with Gasteiger partial charge < -0.3 is 15.2 Å². The molecule has 1 amide bonds. The first-order chi connectivity index (χ1) is 9.49. The molecular formula is C14H26N2O4. The van der Waals surface area contributed by atoms with Crippen molar-refractivity contribution in [3.8, 4) is 0 Å². The number of unbranched alkanes of at least 4 members (excludes halogenated alkanes) is 2. The number of likely N-dealkylation sites (N-methyl/N-ethyl adjacent to an activating group) is 1. The number of aliphatic carboxylic acids is 1. The smallest absolute Gasteiger partial charge is 0.310 e. The lowest BCUT2D eigenvalue weighted by Gasteiger charge is -2.31. The van der Waals surface area contributed by atoms with E-state index in [4.69, 9.17) is 9.84 Å². The number of hydrogen-bond acceptors (Lipinski definition) is 4. The van der Waals surface area contributed by atoms with Crippen molar-refractivity contribution in [1.82, 2.24) is 10.2 Å². The highest BCUT2D eigenvalue weighted by Gasteiger charge is 2.39. The molecule has 0 aromatic heterocycles. The van der Waals surface area contributed by atoms with Gasteiger partial charge in [-0.1, -0.05) is 19.8 Å². The minimum atomic E-state index is -0.866. The maximum absolute atomic E-state index is 12.0. The van der Waals surface area contributed by atoms with Crippen LogP contribution in [-0.4, -0.2) is 60.8 Å². The normalized spacial score (nSPS) is 23.8. The zero-order valence-corrected chi connectivity index (χ0v) is 12.6. The number of amides is 1. The zero-order valence-electron chi connectivity index (χ0n) is 12.6. The van der Waals surface area contributed by atoms with E-state index in [-0.39, 0.29) is 24.6 Å². The molecule has 0 bridgehead atoms. The van der Waals surface area contributed by atoms with Crippen LogP contribution < -0.4 is 5.32 Å². The fourth-order valence-electron chi connectivity index (χ4n) is 2.39. The maximum Gasteiger partial charge on any atom is 0.310 e. The van der Waals surface area contributed by atoms with Gasteiger partial charge in [0.1, 0.15) is 0 Å². The van der Waals surface area contributed by atoms with E-state index in [9.17, 15) is 9.59 Å². The molecule has 3 unspecified atom stereocenters. The standard InChI is InChI=1S/C14H26N2O4/c1-4-5-6-7-15-13(17)10(2)16(3)12-9-20-8-11(12)14(18)19/h10-12H,4-9H2,1-3H3,(H,15,17)(H,18,19). The predicted molar refractivity (Wildman–Crippen MR) is 75.5 cm³/mol. The molecule has 1 heterocycles. The summed E-state index contributed by atoms with van der Waals surface area (Å²) in [6.07, 6.45) is 3.19. The molecule has 6 nitrogen and oxygen atoms in total. The number of nitrogens with one attached hydrogen (secondary N) is 1. The molecule has 1 saturated heterocycles. The molecule has 1 aliphatic rings. The summed E-state index contributed by atoms with van der Waals surface area (Å²) >= 11 is 0. The van der Waals surface area contributed by atoms with Crippen molar-refractivity contribution in [3.05, 3.63) is 0 Å². The predicted octanol–water partition coefficient (Wildman–Crippen LogP) is 0.713. The van der Waals surface area contributed by atoms with Crippen LogP contribution in [0.15, 0.2) is 0 Å². The first kappa shape index (κ1) is 16.9. The summed E-state index contributed by atoms with van der Waals surface area (Å²) in [4.78, 5) is 25.0. The van der Waals surface area contributed by atoms with Gasteiger partial charge in [0.25, 0.3) is 0 Å². The number of carbonyl (C=O) groups is 2. The fraction of sp³-hybridized carbons (Fsp3) is 0.857. The van der Waals surface area contributed by atoms with E-state index in [1.54, 1.807) is 18.9 Å². The van der Waals surface area contributed by atoms with Crippen LogP contribution in [0.4, 0.5) is 0 Å². The van der Waals surface area contributed by atoms with Crippen molar-refractivity contribution >= 4 is 11.9 Å². The second kappa shape index (κ2) is 8.21. The SMILES string of the molecule is CCCCCNC(=O)C(C)N(C)C1COCC1C(=O)O. The summed E-state index contributed by atoms with van der Waals surface area (Å²) < 4.78 is 5.24. The Morgan fingerprint density at radius 1 is 1.40 bits per heavy atom. The van der Waals surface area contributed by atoms with Crippen LogP contribution in [0, 0.1) is 5.92 Å². The van der Waals surface area contributed by atoms with Gasteiger partial charge in [-0.3, -0.25) is 14.5 Å². The molecule has 1 rings (SSSR count). The van der Waals surface area contributed by atoms with Gasteiger partial charge in [-0.25, -0.2) is 0 Å². The zero-order chi connectivity index (χ0) is 15.1. The van der Waals surface area contributed by atoms with E-state index in [2.05, 4.69) is 12.2 Å². The molecule has 6 heteroatoms. The van der Waals surface area contributed by atoms with Gasteiger partial charge >= 0.3 is 5.97 Å². The lowest BCUT2D eigenvalue weighted by molar-refractivity contribution is -0.144. The average molecular weight is 286 g/mol. The third-order valence-electron chi connectivity index (χ3n) is 3.96. The van der Waals surface area contributed by atoms with E-state index in [0.29, 0.717) is 13.2 Å². The van der Waals surface area contributed by atoms with Gasteiger partial charge in [0.2, 0.25) is 5.91 Å². The summed E-state index contributed by atoms with van der Waals surface area (Å²) in [5.41, 5.74) is 0. The molecule has 0 aromatic carbocycles. The summed E-state index contributed by atoms with van der Waals surface area (Å²) in [6, 6.07) is -0.603. The molecule has 20 heavy (non-hydrogen) atoms. The maximum atomic E-state index is 12.0. The lowest BCUT2D eigenvalue weighted by atomic mass is 10.0. The Morgan fingerprint density at radius 2 is 2.10 bits per heavy atom. The van der Waals surface area contributed by atoms with Crippen molar-refractivity contribution in [2.75, 3.05) is 26.8 Å².